The van der Waals surface area contributed by atoms with Crippen LogP contribution in [0.25, 0.3) is 0 Å². The Morgan fingerprint density at radius 2 is 1.75 bits per heavy atom. The molecule has 3 N–H and O–H groups in total. The van der Waals surface area contributed by atoms with Gasteiger partial charge in [0.1, 0.15) is 11.8 Å². The predicted molar refractivity (Wildman–Crippen MR) is 110 cm³/mol. The molecule has 0 aliphatic heterocycles. The summed E-state index contributed by atoms with van der Waals surface area (Å²) in [7, 11) is 0. The summed E-state index contributed by atoms with van der Waals surface area (Å²) in [6.07, 6.45) is 0.254. The van der Waals surface area contributed by atoms with Crippen molar-refractivity contribution in [3.05, 3.63) is 46.6 Å². The number of carbonyl (C=O) groups is 1. The molecule has 0 bridgehead atoms. The fraction of sp³-hybridized carbons (Fsp3) is 0.133. The second kappa shape index (κ2) is 10.1. The van der Waals surface area contributed by atoms with Crippen molar-refractivity contribution in [1.29, 1.82) is 0 Å². The van der Waals surface area contributed by atoms with Crippen molar-refractivity contribution in [3.8, 4) is 17.2 Å². The Hall–Kier alpha value is 0.660. The number of rotatable bonds is 5. The van der Waals surface area contributed by atoms with Gasteiger partial charge in [-0.1, -0.05) is 11.8 Å². The van der Waals surface area contributed by atoms with E-state index in [9.17, 15) is 9.90 Å². The summed E-state index contributed by atoms with van der Waals surface area (Å²) in [5.41, 5.74) is 6.41. The van der Waals surface area contributed by atoms with Crippen molar-refractivity contribution < 1.29 is 49.3 Å². The molecule has 2 aromatic carbocycles. The van der Waals surface area contributed by atoms with Crippen LogP contribution in [-0.4, -0.2) is 17.1 Å². The largest absolute Gasteiger partial charge is 1.00 e. The molecule has 5 nitrogen and oxygen atoms in total. The molecule has 0 aliphatic rings. The van der Waals surface area contributed by atoms with Gasteiger partial charge in [0.25, 0.3) is 0 Å². The number of nitrogens with two attached hydrogens (primary N) is 1. The van der Waals surface area contributed by atoms with Crippen LogP contribution in [0.5, 0.6) is 17.2 Å². The minimum Gasteiger partial charge on any atom is -0.872 e. The van der Waals surface area contributed by atoms with Crippen LogP contribution < -0.4 is 45.1 Å². The summed E-state index contributed by atoms with van der Waals surface area (Å²) in [5, 5.41) is 20.3. The number of ether oxygens (including phenoxy) is 1. The van der Waals surface area contributed by atoms with Crippen LogP contribution in [0.2, 0.25) is 0 Å². The summed E-state index contributed by atoms with van der Waals surface area (Å²) in [5.74, 6) is 0.191. The van der Waals surface area contributed by atoms with Crippen LogP contribution in [-0.2, 0) is 11.2 Å². The molecule has 0 aromatic heterocycles. The molecule has 2 aromatic rings. The molecule has 122 valence electrons. The van der Waals surface area contributed by atoms with Crippen molar-refractivity contribution in [3.63, 3.8) is 0 Å². The maximum Gasteiger partial charge on any atom is 1.00 e. The number of carboxylic acid groups (broad SMARTS) is 1. The van der Waals surface area contributed by atoms with Gasteiger partial charge in [-0.3, -0.25) is 4.79 Å². The Labute approximate surface area is 202 Å². The molecular weight excluding hydrogens is 662 g/mol. The molecule has 0 unspecified atom stereocenters. The van der Waals surface area contributed by atoms with Gasteiger partial charge in [0.05, 0.1) is 7.14 Å². The van der Waals surface area contributed by atoms with Gasteiger partial charge in [-0.2, -0.15) is 0 Å². The number of benzene rings is 2. The van der Waals surface area contributed by atoms with Crippen LogP contribution in [0.1, 0.15) is 5.56 Å². The van der Waals surface area contributed by atoms with Gasteiger partial charge < -0.3 is 20.7 Å². The smallest absolute Gasteiger partial charge is 0.872 e. The topological polar surface area (TPSA) is 95.6 Å². The number of hydrogen-bond acceptors (Lipinski definition) is 4. The fourth-order valence-corrected chi connectivity index (χ4v) is 4.44. The second-order valence-electron chi connectivity index (χ2n) is 4.73. The molecule has 0 radical (unpaired) electrons. The van der Waals surface area contributed by atoms with E-state index in [1.165, 1.54) is 6.07 Å². The monoisotopic (exact) mass is 673 g/mol. The molecule has 0 saturated carbocycles. The van der Waals surface area contributed by atoms with Crippen LogP contribution in [0.15, 0.2) is 30.3 Å². The van der Waals surface area contributed by atoms with Crippen molar-refractivity contribution in [2.24, 2.45) is 5.73 Å². The van der Waals surface area contributed by atoms with E-state index in [4.69, 9.17) is 15.6 Å². The van der Waals surface area contributed by atoms with Crippen LogP contribution >= 0.6 is 67.8 Å². The average Bonchev–Trinajstić information content (AvgIpc) is 2.46. The van der Waals surface area contributed by atoms with Crippen molar-refractivity contribution >= 4 is 73.7 Å². The molecule has 0 spiro atoms. The summed E-state index contributed by atoms with van der Waals surface area (Å²) in [4.78, 5) is 10.9. The molecule has 1 atom stereocenters. The van der Waals surface area contributed by atoms with E-state index in [0.29, 0.717) is 15.1 Å². The van der Waals surface area contributed by atoms with E-state index in [2.05, 4.69) is 45.2 Å². The first-order valence-electron chi connectivity index (χ1n) is 6.38. The molecule has 0 amide bonds. The Morgan fingerprint density at radius 1 is 1.17 bits per heavy atom. The first-order valence-corrected chi connectivity index (χ1v) is 9.62. The third kappa shape index (κ3) is 6.13. The SMILES string of the molecule is N[C@H](Cc1cc(I)c(Oc2ccc([O-])c(I)c2)c(I)c1)C(=O)O.[Na+]. The van der Waals surface area contributed by atoms with Gasteiger partial charge in [-0.25, -0.2) is 0 Å². The number of halogens is 3. The summed E-state index contributed by atoms with van der Waals surface area (Å²) >= 11 is 6.24. The quantitative estimate of drug-likeness (QED) is 0.353. The van der Waals surface area contributed by atoms with Crippen LogP contribution in [0, 0.1) is 10.7 Å². The second-order valence-corrected chi connectivity index (χ2v) is 8.22. The first kappa shape index (κ1) is 22.7. The van der Waals surface area contributed by atoms with Crippen molar-refractivity contribution in [2.75, 3.05) is 0 Å². The predicted octanol–water partition coefficient (Wildman–Crippen LogP) is 0.325. The van der Waals surface area contributed by atoms with Crippen molar-refractivity contribution in [2.45, 2.75) is 12.5 Å². The zero-order valence-corrected chi connectivity index (χ0v) is 21.0. The molecule has 24 heavy (non-hydrogen) atoms. The van der Waals surface area contributed by atoms with Gasteiger partial charge >= 0.3 is 35.5 Å². The summed E-state index contributed by atoms with van der Waals surface area (Å²) < 4.78 is 8.17. The van der Waals surface area contributed by atoms with Crippen LogP contribution in [0.3, 0.4) is 0 Å². The summed E-state index contributed by atoms with van der Waals surface area (Å²) in [6.45, 7) is 0. The maximum absolute atomic E-state index is 11.4. The van der Waals surface area contributed by atoms with E-state index in [0.717, 1.165) is 12.7 Å². The Kier molecular flexibility index (Phi) is 9.57. The number of carboxylic acids is 1. The van der Waals surface area contributed by atoms with Gasteiger partial charge in [-0.05, 0) is 104 Å². The van der Waals surface area contributed by atoms with Gasteiger partial charge in [0.15, 0.2) is 5.75 Å². The standard InChI is InChI=1S/C15H12I3NO4.Na/c16-9-6-8(1-2-13(9)20)23-14-10(17)3-7(4-11(14)18)5-12(19)15(21)22;/h1-4,6,12,20H,5,19H2,(H,21,22);/q;+1/p-1/t12-;/m1./s1. The Balaban J connectivity index is 0.00000288. The van der Waals surface area contributed by atoms with E-state index in [-0.39, 0.29) is 41.7 Å². The minimum atomic E-state index is -1.03. The van der Waals surface area contributed by atoms with E-state index < -0.39 is 12.0 Å². The zero-order valence-electron chi connectivity index (χ0n) is 12.6. The van der Waals surface area contributed by atoms with Gasteiger partial charge in [0.2, 0.25) is 0 Å². The molecule has 0 heterocycles. The maximum atomic E-state index is 11.4. The third-order valence-electron chi connectivity index (χ3n) is 2.95. The molecule has 0 fully saturated rings. The molecular formula is C15H11I3NNaO4. The fourth-order valence-electron chi connectivity index (χ4n) is 1.83. The first-order chi connectivity index (χ1) is 10.8. The Morgan fingerprint density at radius 3 is 2.25 bits per heavy atom. The van der Waals surface area contributed by atoms with Gasteiger partial charge in [0, 0.05) is 3.57 Å². The van der Waals surface area contributed by atoms with E-state index >= 15 is 0 Å². The third-order valence-corrected chi connectivity index (χ3v) is 5.40. The number of hydrogen-bond donors (Lipinski definition) is 2. The summed E-state index contributed by atoms with van der Waals surface area (Å²) in [6, 6.07) is 7.56. The Bertz CT molecular complexity index is 734. The zero-order chi connectivity index (χ0) is 17.1. The van der Waals surface area contributed by atoms with Crippen LogP contribution in [0.4, 0.5) is 0 Å². The van der Waals surface area contributed by atoms with E-state index in [1.54, 1.807) is 12.1 Å². The van der Waals surface area contributed by atoms with Crippen molar-refractivity contribution in [1.82, 2.24) is 0 Å². The number of aliphatic carboxylic acids is 1. The average molecular weight is 673 g/mol. The molecule has 2 rings (SSSR count). The van der Waals surface area contributed by atoms with Gasteiger partial charge in [-0.15, -0.1) is 0 Å². The normalized spacial score (nSPS) is 11.5. The minimum absolute atomic E-state index is 0. The molecule has 0 saturated heterocycles. The van der Waals surface area contributed by atoms with E-state index in [1.807, 2.05) is 34.7 Å². The molecule has 9 heteroatoms. The molecule has 0 aliphatic carbocycles.